The summed E-state index contributed by atoms with van der Waals surface area (Å²) >= 11 is 0. The molecule has 0 bridgehead atoms. The van der Waals surface area contributed by atoms with Gasteiger partial charge in [0.15, 0.2) is 54.3 Å². The van der Waals surface area contributed by atoms with Gasteiger partial charge in [-0.25, -0.2) is 19.2 Å². The summed E-state index contributed by atoms with van der Waals surface area (Å²) in [5.41, 5.74) is 0. The van der Waals surface area contributed by atoms with Crippen LogP contribution in [0.15, 0.2) is 86.5 Å². The number of rotatable bonds is 23. The largest absolute Gasteiger partial charge is 0.510 e. The molecule has 0 unspecified atom stereocenters. The number of hydrogen-bond donors (Lipinski definition) is 0. The Morgan fingerprint density at radius 2 is 0.625 bits per heavy atom. The minimum atomic E-state index is -0.835. The molecule has 2 aromatic carbocycles. The highest BCUT2D eigenvalue weighted by Crippen LogP contribution is 2.18. The quantitative estimate of drug-likeness (QED) is 0.0340. The van der Waals surface area contributed by atoms with Crippen molar-refractivity contribution in [2.75, 3.05) is 61.5 Å². The molecule has 0 amide bonds. The van der Waals surface area contributed by atoms with E-state index in [1.807, 2.05) is 0 Å². The fraction of sp³-hybridized carbons (Fsp3) is 0.436. The van der Waals surface area contributed by atoms with Crippen molar-refractivity contribution in [1.29, 1.82) is 0 Å². The fourth-order valence-electron chi connectivity index (χ4n) is 2.46. The summed E-state index contributed by atoms with van der Waals surface area (Å²) in [6, 6.07) is 13.2. The topological polar surface area (TPSA) is 188 Å². The SMILES string of the molecule is C.C.C.C.C.C.C.C.C=CC(=O)OCOCOc1ccc(OCOCOC(=O)C=C)cc1.C=CC(=O)OCOCOc1ccc(OCOCOC(=O)OC)cc1. The minimum Gasteiger partial charge on any atom is -0.467 e. The number of esters is 3. The Balaban J connectivity index is -0.000000120. The highest BCUT2D eigenvalue weighted by atomic mass is 16.8. The van der Waals surface area contributed by atoms with Crippen LogP contribution in [0.25, 0.3) is 0 Å². The summed E-state index contributed by atoms with van der Waals surface area (Å²) in [6.07, 6.45) is 2.28. The van der Waals surface area contributed by atoms with Gasteiger partial charge in [0, 0.05) is 18.2 Å². The Labute approximate surface area is 334 Å². The first-order chi connectivity index (χ1) is 23.3. The summed E-state index contributed by atoms with van der Waals surface area (Å²) in [5, 5.41) is 0. The monoisotopic (exact) mass is 808 g/mol. The molecule has 0 N–H and O–H groups in total. The van der Waals surface area contributed by atoms with Gasteiger partial charge in [-0.3, -0.25) is 0 Å². The third-order valence-electron chi connectivity index (χ3n) is 4.66. The average Bonchev–Trinajstić information content (AvgIpc) is 3.11. The molecule has 56 heavy (non-hydrogen) atoms. The number of carbonyl (C=O) groups is 4. The second-order valence-corrected chi connectivity index (χ2v) is 7.88. The third kappa shape index (κ3) is 36.7. The highest BCUT2D eigenvalue weighted by molar-refractivity contribution is 5.81. The van der Waals surface area contributed by atoms with Gasteiger partial charge in [0.2, 0.25) is 0 Å². The Kier molecular flexibility index (Phi) is 55.6. The normalized spacial score (nSPS) is 8.30. The molecular formula is C39H68O17. The van der Waals surface area contributed by atoms with E-state index in [1.54, 1.807) is 48.5 Å². The zero-order valence-corrected chi connectivity index (χ0v) is 26.1. The number of carbonyl (C=O) groups excluding carboxylic acids is 4. The summed E-state index contributed by atoms with van der Waals surface area (Å²) in [5.74, 6) is 0.428. The summed E-state index contributed by atoms with van der Waals surface area (Å²) < 4.78 is 63.4. The van der Waals surface area contributed by atoms with Gasteiger partial charge in [-0.1, -0.05) is 79.2 Å². The molecule has 0 saturated heterocycles. The van der Waals surface area contributed by atoms with E-state index in [0.29, 0.717) is 23.0 Å². The van der Waals surface area contributed by atoms with Crippen LogP contribution in [0.1, 0.15) is 59.4 Å². The van der Waals surface area contributed by atoms with Gasteiger partial charge < -0.3 is 61.6 Å². The predicted octanol–water partition coefficient (Wildman–Crippen LogP) is 8.67. The maximum absolute atomic E-state index is 10.7. The number of ether oxygens (including phenoxy) is 13. The van der Waals surface area contributed by atoms with Crippen molar-refractivity contribution < 1.29 is 80.8 Å². The number of hydrogen-bond acceptors (Lipinski definition) is 17. The van der Waals surface area contributed by atoms with Crippen LogP contribution in [-0.2, 0) is 57.0 Å². The Bertz CT molecular complexity index is 1200. The lowest BCUT2D eigenvalue weighted by atomic mass is 10.3. The third-order valence-corrected chi connectivity index (χ3v) is 4.66. The van der Waals surface area contributed by atoms with Crippen LogP contribution in [0.4, 0.5) is 4.79 Å². The maximum Gasteiger partial charge on any atom is 0.510 e. The van der Waals surface area contributed by atoms with Crippen LogP contribution >= 0.6 is 0 Å². The Morgan fingerprint density at radius 3 is 0.821 bits per heavy atom. The van der Waals surface area contributed by atoms with Crippen molar-refractivity contribution in [3.63, 3.8) is 0 Å². The first-order valence-corrected chi connectivity index (χ1v) is 13.4. The highest BCUT2D eigenvalue weighted by Gasteiger charge is 2.02. The van der Waals surface area contributed by atoms with E-state index >= 15 is 0 Å². The van der Waals surface area contributed by atoms with Gasteiger partial charge in [0.05, 0.1) is 7.11 Å². The molecule has 17 nitrogen and oxygen atoms in total. The first-order valence-electron chi connectivity index (χ1n) is 13.4. The van der Waals surface area contributed by atoms with Gasteiger partial charge in [-0.05, 0) is 48.5 Å². The molecule has 0 spiro atoms. The summed E-state index contributed by atoms with van der Waals surface area (Å²) in [6.45, 7) is 8.45. The standard InChI is InChI=1S/C16H18O8.C15H18O9.8CH4/c1-3-15(17)23-11-19-9-21-13-5-7-14(8-6-13)22-10-20-12-24-16(18)4-2;1-3-14(16)23-10-19-8-21-12-4-6-13(7-5-12)22-9-20-11-24-15(17)18-2;;;;;;;;/h3-8H,1-2,9-12H2;3-7H,1,8-11H2,2H3;8*1H4. The zero-order valence-electron chi connectivity index (χ0n) is 26.1. The molecule has 0 heterocycles. The lowest BCUT2D eigenvalue weighted by Gasteiger charge is -2.09. The van der Waals surface area contributed by atoms with Crippen molar-refractivity contribution in [3.8, 4) is 23.0 Å². The van der Waals surface area contributed by atoms with Crippen LogP contribution < -0.4 is 18.9 Å². The van der Waals surface area contributed by atoms with Crippen LogP contribution in [0.2, 0.25) is 0 Å². The van der Waals surface area contributed by atoms with E-state index in [9.17, 15) is 19.2 Å². The molecule has 0 aliphatic heterocycles. The molecule has 0 atom stereocenters. The van der Waals surface area contributed by atoms with Crippen molar-refractivity contribution in [1.82, 2.24) is 0 Å². The summed E-state index contributed by atoms with van der Waals surface area (Å²) in [7, 11) is 1.20. The molecule has 0 aliphatic rings. The molecule has 326 valence electrons. The van der Waals surface area contributed by atoms with E-state index in [2.05, 4.69) is 43.4 Å². The predicted molar refractivity (Wildman–Crippen MR) is 215 cm³/mol. The molecule has 0 radical (unpaired) electrons. The molecule has 2 rings (SSSR count). The van der Waals surface area contributed by atoms with E-state index in [-0.39, 0.29) is 114 Å². The molecule has 17 heteroatoms. The van der Waals surface area contributed by atoms with E-state index in [4.69, 9.17) is 37.9 Å². The van der Waals surface area contributed by atoms with Crippen LogP contribution in [0, 0.1) is 0 Å². The molecule has 2 aromatic rings. The fourth-order valence-corrected chi connectivity index (χ4v) is 2.46. The van der Waals surface area contributed by atoms with Crippen molar-refractivity contribution in [3.05, 3.63) is 86.5 Å². The smallest absolute Gasteiger partial charge is 0.467 e. The Hall–Kier alpha value is -5.62. The van der Waals surface area contributed by atoms with Crippen LogP contribution in [-0.4, -0.2) is 85.5 Å². The average molecular weight is 809 g/mol. The number of methoxy groups -OCH3 is 1. The summed E-state index contributed by atoms with van der Waals surface area (Å²) in [4.78, 5) is 42.9. The second kappa shape index (κ2) is 45.5. The second-order valence-electron chi connectivity index (χ2n) is 7.88. The van der Waals surface area contributed by atoms with E-state index in [0.717, 1.165) is 18.2 Å². The number of benzene rings is 2. The first kappa shape index (κ1) is 68.4. The van der Waals surface area contributed by atoms with Gasteiger partial charge in [0.1, 0.15) is 23.0 Å². The molecule has 0 saturated carbocycles. The van der Waals surface area contributed by atoms with Crippen LogP contribution in [0.3, 0.4) is 0 Å². The van der Waals surface area contributed by atoms with Gasteiger partial charge in [-0.2, -0.15) is 0 Å². The maximum atomic E-state index is 10.7. The molecule has 0 aromatic heterocycles. The lowest BCUT2D eigenvalue weighted by molar-refractivity contribution is -0.157. The molecular weight excluding hydrogens is 740 g/mol. The van der Waals surface area contributed by atoms with Gasteiger partial charge in [0.25, 0.3) is 0 Å². The van der Waals surface area contributed by atoms with E-state index in [1.165, 1.54) is 7.11 Å². The van der Waals surface area contributed by atoms with Gasteiger partial charge >= 0.3 is 24.1 Å². The molecule has 0 aliphatic carbocycles. The molecule has 0 fully saturated rings. The van der Waals surface area contributed by atoms with E-state index < -0.39 is 24.1 Å². The van der Waals surface area contributed by atoms with Crippen molar-refractivity contribution in [2.24, 2.45) is 0 Å². The van der Waals surface area contributed by atoms with Gasteiger partial charge in [-0.15, -0.1) is 0 Å². The zero-order chi connectivity index (χ0) is 35.2. The lowest BCUT2D eigenvalue weighted by Crippen LogP contribution is -2.11. The van der Waals surface area contributed by atoms with Crippen LogP contribution in [0.5, 0.6) is 23.0 Å². The van der Waals surface area contributed by atoms with Crippen molar-refractivity contribution in [2.45, 2.75) is 59.4 Å². The Morgan fingerprint density at radius 1 is 0.411 bits per heavy atom. The van der Waals surface area contributed by atoms with Crippen molar-refractivity contribution >= 4 is 24.1 Å². The minimum absolute atomic E-state index is 0.